The molecule has 2 aliphatic heterocycles. The van der Waals surface area contributed by atoms with E-state index in [1.54, 1.807) is 12.1 Å². The quantitative estimate of drug-likeness (QED) is 0.0331. The van der Waals surface area contributed by atoms with E-state index in [9.17, 15) is 29.4 Å². The summed E-state index contributed by atoms with van der Waals surface area (Å²) in [6.07, 6.45) is 17.4. The molecule has 0 bridgehead atoms. The van der Waals surface area contributed by atoms with Gasteiger partial charge in [0, 0.05) is 72.3 Å². The van der Waals surface area contributed by atoms with E-state index in [2.05, 4.69) is 55.3 Å². The fourth-order valence-corrected chi connectivity index (χ4v) is 11.5. The summed E-state index contributed by atoms with van der Waals surface area (Å²) in [6, 6.07) is 23.8. The number of carbonyl (C=O) groups is 4. The largest absolute Gasteiger partial charge is 0.481 e. The predicted molar refractivity (Wildman–Crippen MR) is 317 cm³/mol. The number of unbranched alkanes of at least 4 members (excludes halogenated alkanes) is 2. The molecule has 4 aromatic rings. The Labute approximate surface area is 480 Å². The van der Waals surface area contributed by atoms with Gasteiger partial charge in [-0.2, -0.15) is 0 Å². The molecule has 6 N–H and O–H groups in total. The third-order valence-electron chi connectivity index (χ3n) is 15.6. The third kappa shape index (κ3) is 19.5. The van der Waals surface area contributed by atoms with Crippen LogP contribution >= 0.6 is 23.2 Å². The summed E-state index contributed by atoms with van der Waals surface area (Å²) in [4.78, 5) is 54.0. The topological polar surface area (TPSA) is 182 Å². The zero-order chi connectivity index (χ0) is 55.2. The van der Waals surface area contributed by atoms with Gasteiger partial charge < -0.3 is 50.8 Å². The Morgan fingerprint density at radius 3 is 1.39 bits per heavy atom. The van der Waals surface area contributed by atoms with Gasteiger partial charge >= 0.3 is 0 Å². The molecule has 4 aliphatic rings. The van der Waals surface area contributed by atoms with Crippen molar-refractivity contribution in [2.24, 2.45) is 0 Å². The van der Waals surface area contributed by atoms with Gasteiger partial charge in [0.15, 0.2) is 13.2 Å². The minimum absolute atomic E-state index is 0. The first-order chi connectivity index (χ1) is 37.8. The number of para-hydroxylation sites is 2. The summed E-state index contributed by atoms with van der Waals surface area (Å²) >= 11 is 12.2. The number of anilines is 2. The Bertz CT molecular complexity index is 2410. The standard InChI is InChI=1S/2C31H42ClN3O4.CH4/c2*1-22-20-23(13-14-26(22)32)15-17-33-18-16-30(38)35(24-8-3-2-4-9-24)19-6-5-12-28(36)25-10-7-11-27-31(25)39-21-29(37)34-27;/h2*7,10-11,13-14,20,24,28,33,36H,2-6,8-9,12,15-19,21H2,1H3,(H,34,37);1H4/t2*28-;/m10./s1. The molecule has 432 valence electrons. The van der Waals surface area contributed by atoms with Crippen LogP contribution in [0.1, 0.15) is 169 Å². The van der Waals surface area contributed by atoms with E-state index in [0.29, 0.717) is 84.9 Å². The highest BCUT2D eigenvalue weighted by Crippen LogP contribution is 2.38. The van der Waals surface area contributed by atoms with E-state index in [-0.39, 0.29) is 44.3 Å². The van der Waals surface area contributed by atoms with E-state index < -0.39 is 12.2 Å². The molecule has 79 heavy (non-hydrogen) atoms. The van der Waals surface area contributed by atoms with Crippen molar-refractivity contribution in [3.05, 3.63) is 116 Å². The number of hydrogen-bond acceptors (Lipinski definition) is 10. The number of carbonyl (C=O) groups excluding carboxylic acids is 4. The number of fused-ring (bicyclic) bond motifs is 2. The SMILES string of the molecule is C.Cc1cc(CCNCCC(=O)N(CCCC[C@@H](O)c2cccc3c2OCC(=O)N3)C2CCCCC2)ccc1Cl.Cc1cc(CCNCCC(=O)N(CCCC[C@H](O)c2cccc3c2OCC(=O)N3)C2CCCCC2)ccc1Cl. The molecule has 8 rings (SSSR count). The van der Waals surface area contributed by atoms with Gasteiger partial charge in [0.25, 0.3) is 11.8 Å². The van der Waals surface area contributed by atoms with Gasteiger partial charge in [0.1, 0.15) is 11.5 Å². The van der Waals surface area contributed by atoms with Gasteiger partial charge in [-0.3, -0.25) is 19.2 Å². The van der Waals surface area contributed by atoms with Gasteiger partial charge in [-0.25, -0.2) is 0 Å². The first kappa shape index (κ1) is 63.0. The number of nitrogens with zero attached hydrogens (tertiary/aromatic N) is 2. The van der Waals surface area contributed by atoms with Crippen LogP contribution in [0.25, 0.3) is 0 Å². The number of aryl methyl sites for hydroxylation is 2. The van der Waals surface area contributed by atoms with E-state index in [4.69, 9.17) is 32.7 Å². The van der Waals surface area contributed by atoms with E-state index >= 15 is 0 Å². The average Bonchev–Trinajstić information content (AvgIpc) is 3.47. The molecule has 0 saturated heterocycles. The molecule has 2 fully saturated rings. The van der Waals surface area contributed by atoms with Crippen molar-refractivity contribution in [2.75, 3.05) is 63.1 Å². The van der Waals surface area contributed by atoms with Gasteiger partial charge in [-0.15, -0.1) is 0 Å². The maximum absolute atomic E-state index is 13.3. The Morgan fingerprint density at radius 1 is 0.595 bits per heavy atom. The maximum Gasteiger partial charge on any atom is 0.262 e. The summed E-state index contributed by atoms with van der Waals surface area (Å²) in [5, 5.41) is 35.7. The number of halogens is 2. The molecule has 16 heteroatoms. The average molecular weight is 1130 g/mol. The van der Waals surface area contributed by atoms with Gasteiger partial charge in [0.2, 0.25) is 11.8 Å². The zero-order valence-electron chi connectivity index (χ0n) is 46.0. The smallest absolute Gasteiger partial charge is 0.262 e. The van der Waals surface area contributed by atoms with Crippen LogP contribution in [-0.2, 0) is 32.0 Å². The number of nitrogens with one attached hydrogen (secondary N) is 4. The van der Waals surface area contributed by atoms with Crippen LogP contribution in [0.2, 0.25) is 10.0 Å². The zero-order valence-corrected chi connectivity index (χ0v) is 47.5. The van der Waals surface area contributed by atoms with Crippen LogP contribution in [0.5, 0.6) is 11.5 Å². The van der Waals surface area contributed by atoms with Crippen molar-refractivity contribution in [1.82, 2.24) is 20.4 Å². The summed E-state index contributed by atoms with van der Waals surface area (Å²) in [5.74, 6) is 1.18. The fraction of sp³-hybridized carbons (Fsp3) is 0.556. The van der Waals surface area contributed by atoms with Crippen molar-refractivity contribution in [2.45, 2.75) is 174 Å². The number of amides is 4. The van der Waals surface area contributed by atoms with Crippen LogP contribution in [0, 0.1) is 13.8 Å². The first-order valence-corrected chi connectivity index (χ1v) is 29.6. The Morgan fingerprint density at radius 2 is 1.00 bits per heavy atom. The van der Waals surface area contributed by atoms with Crippen LogP contribution < -0.4 is 30.7 Å². The number of benzene rings is 4. The molecule has 0 aromatic heterocycles. The minimum Gasteiger partial charge on any atom is -0.481 e. The number of rotatable bonds is 26. The second kappa shape index (κ2) is 32.9. The summed E-state index contributed by atoms with van der Waals surface area (Å²) in [5.41, 5.74) is 7.28. The van der Waals surface area contributed by atoms with Crippen molar-refractivity contribution >= 4 is 58.2 Å². The Kier molecular flexibility index (Phi) is 26.2. The van der Waals surface area contributed by atoms with Crippen LogP contribution in [0.4, 0.5) is 11.4 Å². The lowest BCUT2D eigenvalue weighted by atomic mass is 9.93. The first-order valence-electron chi connectivity index (χ1n) is 28.8. The Balaban J connectivity index is 0.000000252. The molecule has 2 saturated carbocycles. The van der Waals surface area contributed by atoms with E-state index in [1.807, 2.05) is 50.2 Å². The monoisotopic (exact) mass is 1130 g/mol. The molecular weight excluding hydrogens is 1040 g/mol. The highest BCUT2D eigenvalue weighted by Gasteiger charge is 2.28. The van der Waals surface area contributed by atoms with Gasteiger partial charge in [-0.1, -0.05) is 118 Å². The lowest BCUT2D eigenvalue weighted by Crippen LogP contribution is -2.43. The molecule has 2 atom stereocenters. The molecule has 4 amide bonds. The summed E-state index contributed by atoms with van der Waals surface area (Å²) in [7, 11) is 0. The van der Waals surface area contributed by atoms with E-state index in [1.165, 1.54) is 49.7 Å². The molecule has 0 spiro atoms. The number of aliphatic hydroxyl groups is 2. The van der Waals surface area contributed by atoms with Crippen molar-refractivity contribution in [3.63, 3.8) is 0 Å². The normalized spacial score (nSPS) is 16.0. The Hall–Kier alpha value is -5.22. The molecule has 2 aliphatic carbocycles. The summed E-state index contributed by atoms with van der Waals surface area (Å²) < 4.78 is 11.2. The van der Waals surface area contributed by atoms with Crippen molar-refractivity contribution in [3.8, 4) is 11.5 Å². The van der Waals surface area contributed by atoms with Crippen LogP contribution in [-0.4, -0.2) is 108 Å². The van der Waals surface area contributed by atoms with Crippen LogP contribution in [0.3, 0.4) is 0 Å². The molecule has 2 heterocycles. The number of aliphatic hydroxyl groups excluding tert-OH is 2. The van der Waals surface area contributed by atoms with Gasteiger partial charge in [0.05, 0.1) is 23.6 Å². The molecule has 0 unspecified atom stereocenters. The third-order valence-corrected chi connectivity index (χ3v) is 16.5. The lowest BCUT2D eigenvalue weighted by molar-refractivity contribution is -0.135. The predicted octanol–water partition coefficient (Wildman–Crippen LogP) is 11.8. The van der Waals surface area contributed by atoms with Crippen molar-refractivity contribution < 1.29 is 38.9 Å². The van der Waals surface area contributed by atoms with Crippen molar-refractivity contribution in [1.29, 1.82) is 0 Å². The minimum atomic E-state index is -0.678. The maximum atomic E-state index is 13.3. The second-order valence-corrected chi connectivity index (χ2v) is 22.4. The number of hydrogen-bond donors (Lipinski definition) is 6. The molecular formula is C63H88Cl2N6O8. The van der Waals surface area contributed by atoms with E-state index in [0.717, 1.165) is 112 Å². The second-order valence-electron chi connectivity index (χ2n) is 21.6. The highest BCUT2D eigenvalue weighted by molar-refractivity contribution is 6.31. The van der Waals surface area contributed by atoms with Crippen LogP contribution in [0.15, 0.2) is 72.8 Å². The number of ether oxygens (including phenoxy) is 2. The molecule has 0 radical (unpaired) electrons. The summed E-state index contributed by atoms with van der Waals surface area (Å²) in [6.45, 7) is 8.39. The highest BCUT2D eigenvalue weighted by atomic mass is 35.5. The molecule has 4 aromatic carbocycles. The fourth-order valence-electron chi connectivity index (χ4n) is 11.3. The molecule has 14 nitrogen and oxygen atoms in total. The van der Waals surface area contributed by atoms with Gasteiger partial charge in [-0.05, 0) is 151 Å². The lowest BCUT2D eigenvalue weighted by Gasteiger charge is -2.35.